The van der Waals surface area contributed by atoms with Gasteiger partial charge in [0.2, 0.25) is 0 Å². The van der Waals surface area contributed by atoms with Gasteiger partial charge in [0.1, 0.15) is 11.5 Å². The molecule has 1 aromatic rings. The minimum atomic E-state index is 0. The molecule has 0 aliphatic carbocycles. The van der Waals surface area contributed by atoms with Crippen molar-refractivity contribution in [1.82, 2.24) is 0 Å². The van der Waals surface area contributed by atoms with Gasteiger partial charge in [0.05, 0.1) is 7.11 Å². The first-order valence-electron chi connectivity index (χ1n) is 2.80. The fourth-order valence-corrected chi connectivity index (χ4v) is 0.769. The maximum Gasteiger partial charge on any atom is 0.132 e. The second kappa shape index (κ2) is 4.93. The molecule has 55 valence electrons. The number of aromatic hydroxyl groups is 1. The Morgan fingerprint density at radius 2 is 2.09 bits per heavy atom. The van der Waals surface area contributed by atoms with Crippen LogP contribution in [0.15, 0.2) is 23.1 Å². The van der Waals surface area contributed by atoms with Crippen LogP contribution in [0.4, 0.5) is 0 Å². The summed E-state index contributed by atoms with van der Waals surface area (Å²) in [4.78, 5) is 0.556. The van der Waals surface area contributed by atoms with Gasteiger partial charge in [-0.2, -0.15) is 0 Å². The summed E-state index contributed by atoms with van der Waals surface area (Å²) in [7, 11) is 1.55. The molecule has 0 aliphatic heterocycles. The topological polar surface area (TPSA) is 29.5 Å². The molecule has 0 fully saturated rings. The molecule has 1 rings (SSSR count). The standard InChI is InChI=1S/C7H8O2S.Na/c1-9-5-2-3-7(10)6(8)4-5;/h2-4,8,10H,1H3;. The molecule has 1 aromatic carbocycles. The largest absolute Gasteiger partial charge is 0.507 e. The molecule has 4 heteroatoms. The van der Waals surface area contributed by atoms with Crippen molar-refractivity contribution in [3.05, 3.63) is 18.2 Å². The third kappa shape index (κ3) is 2.95. The monoisotopic (exact) mass is 179 g/mol. The van der Waals surface area contributed by atoms with Crippen LogP contribution in [0.5, 0.6) is 11.5 Å². The summed E-state index contributed by atoms with van der Waals surface area (Å²) in [5.74, 6) is 0.776. The fourth-order valence-electron chi connectivity index (χ4n) is 0.630. The third-order valence-corrected chi connectivity index (χ3v) is 1.56. The van der Waals surface area contributed by atoms with Gasteiger partial charge in [-0.3, -0.25) is 0 Å². The van der Waals surface area contributed by atoms with Crippen LogP contribution < -0.4 is 4.74 Å². The second-order valence-electron chi connectivity index (χ2n) is 1.85. The first-order chi connectivity index (χ1) is 4.74. The van der Waals surface area contributed by atoms with E-state index in [1.165, 1.54) is 6.07 Å². The van der Waals surface area contributed by atoms with Crippen molar-refractivity contribution in [2.45, 2.75) is 4.90 Å². The maximum absolute atomic E-state index is 9.07. The molecular weight excluding hydrogens is 171 g/mol. The minimum absolute atomic E-state index is 0. The molecule has 0 spiro atoms. The first-order valence-corrected chi connectivity index (χ1v) is 3.24. The van der Waals surface area contributed by atoms with Crippen LogP contribution in [0.25, 0.3) is 0 Å². The predicted molar refractivity (Wildman–Crippen MR) is 47.7 cm³/mol. The van der Waals surface area contributed by atoms with E-state index in [1.54, 1.807) is 19.2 Å². The molecule has 0 heterocycles. The van der Waals surface area contributed by atoms with Crippen molar-refractivity contribution in [3.63, 3.8) is 0 Å². The van der Waals surface area contributed by atoms with E-state index in [2.05, 4.69) is 12.6 Å². The summed E-state index contributed by atoms with van der Waals surface area (Å²) in [6, 6.07) is 4.93. The van der Waals surface area contributed by atoms with Crippen LogP contribution >= 0.6 is 12.6 Å². The van der Waals surface area contributed by atoms with Crippen LogP contribution in [0.2, 0.25) is 0 Å². The first kappa shape index (κ1) is 11.2. The number of methoxy groups -OCH3 is 1. The Kier molecular flexibility index (Phi) is 5.01. The molecule has 0 amide bonds. The van der Waals surface area contributed by atoms with E-state index in [1.807, 2.05) is 0 Å². The van der Waals surface area contributed by atoms with E-state index in [-0.39, 0.29) is 35.3 Å². The van der Waals surface area contributed by atoms with E-state index < -0.39 is 0 Å². The van der Waals surface area contributed by atoms with Crippen molar-refractivity contribution in [2.75, 3.05) is 7.11 Å². The molecular formula is C7H8NaO2S. The van der Waals surface area contributed by atoms with Crippen LogP contribution in [-0.4, -0.2) is 41.8 Å². The summed E-state index contributed by atoms with van der Waals surface area (Å²) < 4.78 is 4.86. The number of phenols is 1. The fraction of sp³-hybridized carbons (Fsp3) is 0.143. The van der Waals surface area contributed by atoms with Crippen molar-refractivity contribution < 1.29 is 9.84 Å². The quantitative estimate of drug-likeness (QED) is 0.502. The molecule has 0 bridgehead atoms. The maximum atomic E-state index is 9.07. The Labute approximate surface area is 93.3 Å². The van der Waals surface area contributed by atoms with Gasteiger partial charge in [-0.15, -0.1) is 12.6 Å². The van der Waals surface area contributed by atoms with Crippen LogP contribution in [0.3, 0.4) is 0 Å². The Hall–Kier alpha value is 0.170. The van der Waals surface area contributed by atoms with Crippen LogP contribution in [0.1, 0.15) is 0 Å². The number of rotatable bonds is 1. The molecule has 0 aromatic heterocycles. The smallest absolute Gasteiger partial charge is 0.132 e. The summed E-state index contributed by atoms with van der Waals surface area (Å²) in [6.07, 6.45) is 0. The molecule has 1 radical (unpaired) electrons. The van der Waals surface area contributed by atoms with Crippen molar-refractivity contribution in [2.24, 2.45) is 0 Å². The Morgan fingerprint density at radius 1 is 1.45 bits per heavy atom. The molecule has 2 nitrogen and oxygen atoms in total. The SMILES string of the molecule is COc1ccc(S)c(O)c1.[Na]. The van der Waals surface area contributed by atoms with E-state index in [0.29, 0.717) is 10.6 Å². The molecule has 1 N–H and O–H groups in total. The van der Waals surface area contributed by atoms with Gasteiger partial charge in [-0.1, -0.05) is 0 Å². The summed E-state index contributed by atoms with van der Waals surface area (Å²) >= 11 is 3.98. The van der Waals surface area contributed by atoms with E-state index in [4.69, 9.17) is 9.84 Å². The zero-order valence-corrected chi connectivity index (χ0v) is 9.43. The zero-order chi connectivity index (χ0) is 7.56. The summed E-state index contributed by atoms with van der Waals surface area (Å²) in [6.45, 7) is 0. The molecule has 11 heavy (non-hydrogen) atoms. The van der Waals surface area contributed by atoms with E-state index >= 15 is 0 Å². The predicted octanol–water partition coefficient (Wildman–Crippen LogP) is 1.31. The van der Waals surface area contributed by atoms with Gasteiger partial charge in [-0.05, 0) is 12.1 Å². The van der Waals surface area contributed by atoms with Gasteiger partial charge < -0.3 is 9.84 Å². The summed E-state index contributed by atoms with van der Waals surface area (Å²) in [5, 5.41) is 9.07. The number of benzene rings is 1. The molecule has 0 saturated carbocycles. The van der Waals surface area contributed by atoms with Crippen LogP contribution in [0, 0.1) is 0 Å². The third-order valence-electron chi connectivity index (χ3n) is 1.18. The van der Waals surface area contributed by atoms with E-state index in [0.717, 1.165) is 0 Å². The average Bonchev–Trinajstić information content (AvgIpc) is 1.95. The van der Waals surface area contributed by atoms with Crippen molar-refractivity contribution in [3.8, 4) is 11.5 Å². The number of thiol groups is 1. The Bertz CT molecular complexity index is 240. The minimum Gasteiger partial charge on any atom is -0.507 e. The van der Waals surface area contributed by atoms with Gasteiger partial charge in [0.25, 0.3) is 0 Å². The molecule has 0 unspecified atom stereocenters. The van der Waals surface area contributed by atoms with Crippen molar-refractivity contribution in [1.29, 1.82) is 0 Å². The molecule has 0 atom stereocenters. The normalized spacial score (nSPS) is 8.55. The number of ether oxygens (including phenoxy) is 1. The zero-order valence-electron chi connectivity index (χ0n) is 6.53. The number of hydrogen-bond donors (Lipinski definition) is 2. The molecule has 0 aliphatic rings. The number of phenolic OH excluding ortho intramolecular Hbond substituents is 1. The van der Waals surface area contributed by atoms with Gasteiger partial charge in [-0.25, -0.2) is 0 Å². The molecule has 0 saturated heterocycles. The summed E-state index contributed by atoms with van der Waals surface area (Å²) in [5.41, 5.74) is 0. The Balaban J connectivity index is 0.000001000. The van der Waals surface area contributed by atoms with Gasteiger partial charge in [0.15, 0.2) is 0 Å². The van der Waals surface area contributed by atoms with Crippen molar-refractivity contribution >= 4 is 42.2 Å². The average molecular weight is 179 g/mol. The van der Waals surface area contributed by atoms with Crippen LogP contribution in [-0.2, 0) is 0 Å². The number of hydrogen-bond acceptors (Lipinski definition) is 3. The second-order valence-corrected chi connectivity index (χ2v) is 2.34. The van der Waals surface area contributed by atoms with Gasteiger partial charge >= 0.3 is 0 Å². The van der Waals surface area contributed by atoms with Gasteiger partial charge in [0, 0.05) is 40.5 Å². The Morgan fingerprint density at radius 3 is 2.55 bits per heavy atom. The van der Waals surface area contributed by atoms with E-state index in [9.17, 15) is 0 Å².